The molecular formula is C10H8F3N5. The number of pyridine rings is 1. The number of hydrogen-bond donors (Lipinski definition) is 2. The molecule has 2 heterocycles. The van der Waals surface area contributed by atoms with E-state index < -0.39 is 11.9 Å². The van der Waals surface area contributed by atoms with Crippen LogP contribution in [-0.2, 0) is 6.18 Å². The second-order valence-electron chi connectivity index (χ2n) is 3.45. The number of hydrogen-bond acceptors (Lipinski definition) is 5. The number of rotatable bonds is 1. The Morgan fingerprint density at radius 2 is 1.56 bits per heavy atom. The summed E-state index contributed by atoms with van der Waals surface area (Å²) in [4.78, 5) is 11.0. The average molecular weight is 255 g/mol. The molecule has 0 radical (unpaired) electrons. The number of aromatic nitrogens is 3. The number of alkyl halides is 3. The first-order valence-electron chi connectivity index (χ1n) is 4.81. The van der Waals surface area contributed by atoms with E-state index in [-0.39, 0.29) is 23.2 Å². The Morgan fingerprint density at radius 1 is 0.944 bits per heavy atom. The van der Waals surface area contributed by atoms with Gasteiger partial charge in [-0.3, -0.25) is 0 Å². The lowest BCUT2D eigenvalue weighted by Crippen LogP contribution is -2.09. The van der Waals surface area contributed by atoms with Crippen LogP contribution in [-0.4, -0.2) is 15.0 Å². The summed E-state index contributed by atoms with van der Waals surface area (Å²) >= 11 is 0. The molecule has 0 fully saturated rings. The van der Waals surface area contributed by atoms with Crippen molar-refractivity contribution < 1.29 is 13.2 Å². The molecular weight excluding hydrogens is 247 g/mol. The Labute approximate surface area is 99.7 Å². The molecule has 0 aliphatic carbocycles. The van der Waals surface area contributed by atoms with Crippen molar-refractivity contribution >= 4 is 11.6 Å². The SMILES string of the molecule is Nc1cc(N)nc(-c2cccc(C(F)(F)F)n2)n1. The number of halogens is 3. The molecule has 2 rings (SSSR count). The molecule has 0 amide bonds. The van der Waals surface area contributed by atoms with E-state index >= 15 is 0 Å². The molecule has 0 atom stereocenters. The van der Waals surface area contributed by atoms with E-state index in [1.807, 2.05) is 0 Å². The third-order valence-corrected chi connectivity index (χ3v) is 2.03. The number of nitrogens with zero attached hydrogens (tertiary/aromatic N) is 3. The highest BCUT2D eigenvalue weighted by Gasteiger charge is 2.32. The van der Waals surface area contributed by atoms with Gasteiger partial charge in [0.1, 0.15) is 23.0 Å². The van der Waals surface area contributed by atoms with Gasteiger partial charge in [0.05, 0.1) is 0 Å². The molecule has 0 aliphatic heterocycles. The summed E-state index contributed by atoms with van der Waals surface area (Å²) in [6.45, 7) is 0. The Bertz CT molecular complexity index is 562. The van der Waals surface area contributed by atoms with Crippen molar-refractivity contribution in [2.75, 3.05) is 11.5 Å². The maximum atomic E-state index is 12.5. The zero-order valence-corrected chi connectivity index (χ0v) is 8.94. The topological polar surface area (TPSA) is 90.7 Å². The van der Waals surface area contributed by atoms with Crippen molar-refractivity contribution in [3.05, 3.63) is 30.0 Å². The summed E-state index contributed by atoms with van der Waals surface area (Å²) in [6.07, 6.45) is -4.53. The fraction of sp³-hybridized carbons (Fsp3) is 0.100. The molecule has 5 nitrogen and oxygen atoms in total. The van der Waals surface area contributed by atoms with Gasteiger partial charge in [0.15, 0.2) is 5.82 Å². The van der Waals surface area contributed by atoms with E-state index in [1.165, 1.54) is 18.2 Å². The smallest absolute Gasteiger partial charge is 0.384 e. The quantitative estimate of drug-likeness (QED) is 0.809. The van der Waals surface area contributed by atoms with Crippen LogP contribution in [0.5, 0.6) is 0 Å². The van der Waals surface area contributed by atoms with Crippen LogP contribution < -0.4 is 11.5 Å². The summed E-state index contributed by atoms with van der Waals surface area (Å²) < 4.78 is 37.5. The van der Waals surface area contributed by atoms with Crippen LogP contribution >= 0.6 is 0 Å². The molecule has 0 saturated heterocycles. The minimum absolute atomic E-state index is 0.0381. The maximum absolute atomic E-state index is 12.5. The van der Waals surface area contributed by atoms with Crippen molar-refractivity contribution in [3.8, 4) is 11.5 Å². The highest BCUT2D eigenvalue weighted by molar-refractivity contribution is 5.55. The van der Waals surface area contributed by atoms with Crippen LogP contribution in [0.4, 0.5) is 24.8 Å². The first kappa shape index (κ1) is 12.1. The highest BCUT2D eigenvalue weighted by Crippen LogP contribution is 2.28. The van der Waals surface area contributed by atoms with Gasteiger partial charge in [-0.1, -0.05) is 6.07 Å². The third kappa shape index (κ3) is 2.47. The Kier molecular flexibility index (Phi) is 2.77. The predicted molar refractivity (Wildman–Crippen MR) is 59.1 cm³/mol. The minimum atomic E-state index is -4.53. The Balaban J connectivity index is 2.51. The first-order valence-corrected chi connectivity index (χ1v) is 4.81. The first-order chi connectivity index (χ1) is 8.36. The van der Waals surface area contributed by atoms with Crippen LogP contribution in [0.25, 0.3) is 11.5 Å². The molecule has 2 aromatic heterocycles. The van der Waals surface area contributed by atoms with Gasteiger partial charge in [-0.25, -0.2) is 15.0 Å². The van der Waals surface area contributed by atoms with E-state index in [9.17, 15) is 13.2 Å². The second kappa shape index (κ2) is 4.13. The summed E-state index contributed by atoms with van der Waals surface area (Å²) in [5.74, 6) is 0.0898. The average Bonchev–Trinajstić information content (AvgIpc) is 2.27. The predicted octanol–water partition coefficient (Wildman–Crippen LogP) is 1.72. The molecule has 0 spiro atoms. The molecule has 0 bridgehead atoms. The summed E-state index contributed by atoms with van der Waals surface area (Å²) in [6, 6.07) is 4.73. The van der Waals surface area contributed by atoms with E-state index in [0.29, 0.717) is 0 Å². The standard InChI is InChI=1S/C10H8F3N5/c11-10(12,13)6-3-1-2-5(16-6)9-17-7(14)4-8(15)18-9/h1-4H,(H4,14,15,17,18). The van der Waals surface area contributed by atoms with Crippen LogP contribution in [0.1, 0.15) is 5.69 Å². The number of nitrogens with two attached hydrogens (primary N) is 2. The fourth-order valence-electron chi connectivity index (χ4n) is 1.32. The van der Waals surface area contributed by atoms with Crippen molar-refractivity contribution in [1.29, 1.82) is 0 Å². The zero-order valence-electron chi connectivity index (χ0n) is 8.94. The monoisotopic (exact) mass is 255 g/mol. The highest BCUT2D eigenvalue weighted by atomic mass is 19.4. The van der Waals surface area contributed by atoms with Gasteiger partial charge in [0.25, 0.3) is 0 Å². The molecule has 8 heteroatoms. The molecule has 0 aromatic carbocycles. The normalized spacial score (nSPS) is 11.5. The lowest BCUT2D eigenvalue weighted by Gasteiger charge is -2.07. The van der Waals surface area contributed by atoms with Gasteiger partial charge < -0.3 is 11.5 Å². The molecule has 18 heavy (non-hydrogen) atoms. The number of nitrogen functional groups attached to an aromatic ring is 2. The van der Waals surface area contributed by atoms with Crippen molar-refractivity contribution in [3.63, 3.8) is 0 Å². The van der Waals surface area contributed by atoms with Crippen molar-refractivity contribution in [2.45, 2.75) is 6.18 Å². The van der Waals surface area contributed by atoms with Crippen LogP contribution in [0.2, 0.25) is 0 Å². The molecule has 0 aliphatic rings. The lowest BCUT2D eigenvalue weighted by atomic mass is 10.3. The lowest BCUT2D eigenvalue weighted by molar-refractivity contribution is -0.141. The molecule has 94 valence electrons. The summed E-state index contributed by atoms with van der Waals surface area (Å²) in [5, 5.41) is 0. The van der Waals surface area contributed by atoms with E-state index in [1.54, 1.807) is 0 Å². The molecule has 2 aromatic rings. The van der Waals surface area contributed by atoms with Crippen LogP contribution in [0.3, 0.4) is 0 Å². The largest absolute Gasteiger partial charge is 0.433 e. The van der Waals surface area contributed by atoms with Gasteiger partial charge >= 0.3 is 6.18 Å². The minimum Gasteiger partial charge on any atom is -0.384 e. The zero-order chi connectivity index (χ0) is 13.3. The van der Waals surface area contributed by atoms with E-state index in [0.717, 1.165) is 6.07 Å². The Hall–Kier alpha value is -2.38. The second-order valence-corrected chi connectivity index (χ2v) is 3.45. The van der Waals surface area contributed by atoms with Crippen LogP contribution in [0.15, 0.2) is 24.3 Å². The molecule has 0 unspecified atom stereocenters. The maximum Gasteiger partial charge on any atom is 0.433 e. The Morgan fingerprint density at radius 3 is 2.11 bits per heavy atom. The van der Waals surface area contributed by atoms with Crippen molar-refractivity contribution in [2.24, 2.45) is 0 Å². The van der Waals surface area contributed by atoms with E-state index in [4.69, 9.17) is 11.5 Å². The van der Waals surface area contributed by atoms with E-state index in [2.05, 4.69) is 15.0 Å². The molecule has 4 N–H and O–H groups in total. The van der Waals surface area contributed by atoms with Crippen LogP contribution in [0, 0.1) is 0 Å². The van der Waals surface area contributed by atoms with Gasteiger partial charge in [0, 0.05) is 6.07 Å². The van der Waals surface area contributed by atoms with Crippen molar-refractivity contribution in [1.82, 2.24) is 15.0 Å². The fourth-order valence-corrected chi connectivity index (χ4v) is 1.32. The van der Waals surface area contributed by atoms with Gasteiger partial charge in [0.2, 0.25) is 0 Å². The van der Waals surface area contributed by atoms with Gasteiger partial charge in [-0.2, -0.15) is 13.2 Å². The summed E-state index contributed by atoms with van der Waals surface area (Å²) in [7, 11) is 0. The summed E-state index contributed by atoms with van der Waals surface area (Å²) in [5.41, 5.74) is 9.82. The molecule has 0 saturated carbocycles. The third-order valence-electron chi connectivity index (χ3n) is 2.03. The van der Waals surface area contributed by atoms with Gasteiger partial charge in [-0.05, 0) is 12.1 Å². The van der Waals surface area contributed by atoms with Gasteiger partial charge in [-0.15, -0.1) is 0 Å². The number of anilines is 2.